The fourth-order valence-electron chi connectivity index (χ4n) is 2.86. The first kappa shape index (κ1) is 23.8. The highest BCUT2D eigenvalue weighted by atomic mass is 16.5. The Hall–Kier alpha value is -2.24. The number of aliphatic carboxylic acids is 1. The number of carbonyl (C=O) groups is 2. The van der Waals surface area contributed by atoms with Gasteiger partial charge in [-0.05, 0) is 50.8 Å². The van der Waals surface area contributed by atoms with E-state index in [1.165, 1.54) is 26.2 Å². The molecular weight excluding hydrogens is 360 g/mol. The Bertz CT molecular complexity index is 627. The van der Waals surface area contributed by atoms with Gasteiger partial charge in [-0.3, -0.25) is 9.59 Å². The molecule has 1 aromatic rings. The van der Waals surface area contributed by atoms with Gasteiger partial charge in [-0.15, -0.1) is 0 Å². The van der Waals surface area contributed by atoms with E-state index in [0.29, 0.717) is 24.5 Å². The molecule has 0 aliphatic rings. The van der Waals surface area contributed by atoms with E-state index in [9.17, 15) is 14.7 Å². The van der Waals surface area contributed by atoms with Crippen molar-refractivity contribution in [3.8, 4) is 11.5 Å². The minimum atomic E-state index is -1.57. The molecule has 0 radical (unpaired) electrons. The molecule has 1 aromatic carbocycles. The maximum atomic E-state index is 12.1. The van der Waals surface area contributed by atoms with Crippen molar-refractivity contribution in [3.63, 3.8) is 0 Å². The van der Waals surface area contributed by atoms with E-state index in [2.05, 4.69) is 6.92 Å². The van der Waals surface area contributed by atoms with Crippen LogP contribution < -0.4 is 9.47 Å². The number of hydrogen-bond acceptors (Lipinski definition) is 5. The van der Waals surface area contributed by atoms with Gasteiger partial charge in [-0.1, -0.05) is 38.7 Å². The predicted octanol–water partition coefficient (Wildman–Crippen LogP) is 4.63. The molecule has 0 aliphatic heterocycles. The summed E-state index contributed by atoms with van der Waals surface area (Å²) in [4.78, 5) is 23.7. The third-order valence-corrected chi connectivity index (χ3v) is 4.85. The van der Waals surface area contributed by atoms with E-state index in [1.54, 1.807) is 14.0 Å². The number of rotatable bonds is 14. The van der Waals surface area contributed by atoms with Crippen LogP contribution in [0.2, 0.25) is 0 Å². The molecule has 6 nitrogen and oxygen atoms in total. The van der Waals surface area contributed by atoms with Crippen molar-refractivity contribution in [3.05, 3.63) is 23.8 Å². The Kier molecular flexibility index (Phi) is 10.4. The summed E-state index contributed by atoms with van der Waals surface area (Å²) in [6.45, 7) is 6.04. The van der Waals surface area contributed by atoms with E-state index in [4.69, 9.17) is 14.2 Å². The van der Waals surface area contributed by atoms with Crippen LogP contribution in [0.3, 0.4) is 0 Å². The summed E-state index contributed by atoms with van der Waals surface area (Å²) >= 11 is 0. The molecule has 0 bridgehead atoms. The molecule has 1 rings (SSSR count). The summed E-state index contributed by atoms with van der Waals surface area (Å²) in [6, 6.07) is 5.55. The van der Waals surface area contributed by atoms with Crippen molar-refractivity contribution < 1.29 is 28.9 Å². The predicted molar refractivity (Wildman–Crippen MR) is 108 cm³/mol. The van der Waals surface area contributed by atoms with Gasteiger partial charge < -0.3 is 19.3 Å². The van der Waals surface area contributed by atoms with Crippen LogP contribution >= 0.6 is 0 Å². The van der Waals surface area contributed by atoms with Crippen molar-refractivity contribution in [2.45, 2.75) is 65.7 Å². The lowest BCUT2D eigenvalue weighted by Crippen LogP contribution is -2.38. The minimum Gasteiger partial charge on any atom is -0.493 e. The van der Waals surface area contributed by atoms with Crippen LogP contribution in [0, 0.1) is 5.41 Å². The standard InChI is InChI=1S/C22H34O6/c1-5-7-8-9-10-15-28-18-12-11-17(16-19(18)26-4)13-14-22(3,20(23)24)21(25)27-6-2/h11-12,16H,5-10,13-15H2,1-4H3,(H,23,24). The molecule has 0 spiro atoms. The van der Waals surface area contributed by atoms with Gasteiger partial charge in [-0.2, -0.15) is 0 Å². The Morgan fingerprint density at radius 2 is 1.79 bits per heavy atom. The van der Waals surface area contributed by atoms with Crippen molar-refractivity contribution in [1.29, 1.82) is 0 Å². The van der Waals surface area contributed by atoms with E-state index < -0.39 is 17.4 Å². The maximum Gasteiger partial charge on any atom is 0.323 e. The Labute approximate surface area is 168 Å². The zero-order valence-electron chi connectivity index (χ0n) is 17.6. The number of esters is 1. The Balaban J connectivity index is 2.69. The van der Waals surface area contributed by atoms with Crippen molar-refractivity contribution in [2.75, 3.05) is 20.3 Å². The summed E-state index contributed by atoms with van der Waals surface area (Å²) in [7, 11) is 1.58. The van der Waals surface area contributed by atoms with Crippen LogP contribution in [-0.2, 0) is 20.7 Å². The second-order valence-corrected chi connectivity index (χ2v) is 7.11. The number of benzene rings is 1. The summed E-state index contributed by atoms with van der Waals surface area (Å²) in [5, 5.41) is 9.48. The topological polar surface area (TPSA) is 82.1 Å². The number of carboxylic acids is 1. The third kappa shape index (κ3) is 7.06. The Morgan fingerprint density at radius 3 is 2.39 bits per heavy atom. The van der Waals surface area contributed by atoms with Crippen LogP contribution in [0.25, 0.3) is 0 Å². The molecule has 0 saturated heterocycles. The molecule has 0 heterocycles. The molecule has 0 saturated carbocycles. The van der Waals surface area contributed by atoms with Gasteiger partial charge in [0, 0.05) is 0 Å². The summed E-state index contributed by atoms with van der Waals surface area (Å²) in [6.07, 6.45) is 6.39. The first-order chi connectivity index (χ1) is 13.4. The summed E-state index contributed by atoms with van der Waals surface area (Å²) in [5.74, 6) is -0.606. The molecule has 0 aromatic heterocycles. The van der Waals surface area contributed by atoms with Gasteiger partial charge in [0.1, 0.15) is 0 Å². The van der Waals surface area contributed by atoms with Gasteiger partial charge >= 0.3 is 11.9 Å². The molecule has 1 atom stereocenters. The maximum absolute atomic E-state index is 12.1. The number of hydrogen-bond donors (Lipinski definition) is 1. The smallest absolute Gasteiger partial charge is 0.323 e. The second kappa shape index (κ2) is 12.3. The van der Waals surface area contributed by atoms with Gasteiger partial charge in [-0.25, -0.2) is 0 Å². The quantitative estimate of drug-likeness (QED) is 0.281. The summed E-state index contributed by atoms with van der Waals surface area (Å²) in [5.41, 5.74) is -0.694. The second-order valence-electron chi connectivity index (χ2n) is 7.11. The normalized spacial score (nSPS) is 12.9. The number of unbranched alkanes of at least 4 members (excludes halogenated alkanes) is 4. The molecule has 28 heavy (non-hydrogen) atoms. The zero-order valence-corrected chi connectivity index (χ0v) is 17.6. The fourth-order valence-corrected chi connectivity index (χ4v) is 2.86. The van der Waals surface area contributed by atoms with Gasteiger partial charge in [0.15, 0.2) is 16.9 Å². The number of aryl methyl sites for hydroxylation is 1. The molecule has 1 unspecified atom stereocenters. The van der Waals surface area contributed by atoms with E-state index in [0.717, 1.165) is 18.4 Å². The lowest BCUT2D eigenvalue weighted by atomic mass is 9.84. The van der Waals surface area contributed by atoms with Gasteiger partial charge in [0.05, 0.1) is 20.3 Å². The SMILES string of the molecule is CCCCCCCOc1ccc(CCC(C)(C(=O)O)C(=O)OCC)cc1OC. The zero-order chi connectivity index (χ0) is 21.0. The van der Waals surface area contributed by atoms with Crippen LogP contribution in [0.15, 0.2) is 18.2 Å². The highest BCUT2D eigenvalue weighted by Crippen LogP contribution is 2.31. The number of ether oxygens (including phenoxy) is 3. The van der Waals surface area contributed by atoms with Crippen LogP contribution in [-0.4, -0.2) is 37.4 Å². The highest BCUT2D eigenvalue weighted by Gasteiger charge is 2.42. The average Bonchev–Trinajstić information content (AvgIpc) is 2.69. The van der Waals surface area contributed by atoms with E-state index in [-0.39, 0.29) is 13.0 Å². The number of methoxy groups -OCH3 is 1. The molecule has 0 fully saturated rings. The third-order valence-electron chi connectivity index (χ3n) is 4.85. The molecule has 0 aliphatic carbocycles. The van der Waals surface area contributed by atoms with E-state index in [1.807, 2.05) is 18.2 Å². The number of carboxylic acid groups (broad SMARTS) is 1. The van der Waals surface area contributed by atoms with Crippen LogP contribution in [0.4, 0.5) is 0 Å². The minimum absolute atomic E-state index is 0.141. The molecule has 0 amide bonds. The molecular formula is C22H34O6. The van der Waals surface area contributed by atoms with Crippen molar-refractivity contribution in [2.24, 2.45) is 5.41 Å². The fraction of sp³-hybridized carbons (Fsp3) is 0.636. The molecule has 6 heteroatoms. The average molecular weight is 395 g/mol. The first-order valence-corrected chi connectivity index (χ1v) is 10.1. The Morgan fingerprint density at radius 1 is 1.07 bits per heavy atom. The highest BCUT2D eigenvalue weighted by molar-refractivity contribution is 5.98. The lowest BCUT2D eigenvalue weighted by Gasteiger charge is -2.22. The van der Waals surface area contributed by atoms with Gasteiger partial charge in [0.2, 0.25) is 0 Å². The van der Waals surface area contributed by atoms with E-state index >= 15 is 0 Å². The molecule has 158 valence electrons. The summed E-state index contributed by atoms with van der Waals surface area (Å²) < 4.78 is 16.2. The van der Waals surface area contributed by atoms with Crippen molar-refractivity contribution >= 4 is 11.9 Å². The number of carbonyl (C=O) groups excluding carboxylic acids is 1. The van der Waals surface area contributed by atoms with Crippen molar-refractivity contribution in [1.82, 2.24) is 0 Å². The van der Waals surface area contributed by atoms with Crippen LogP contribution in [0.1, 0.15) is 64.9 Å². The first-order valence-electron chi connectivity index (χ1n) is 10.1. The largest absolute Gasteiger partial charge is 0.493 e. The lowest BCUT2D eigenvalue weighted by molar-refractivity contribution is -0.167. The monoisotopic (exact) mass is 394 g/mol. The molecule has 1 N–H and O–H groups in total. The van der Waals surface area contributed by atoms with Gasteiger partial charge in [0.25, 0.3) is 0 Å². The van der Waals surface area contributed by atoms with Crippen LogP contribution in [0.5, 0.6) is 11.5 Å².